The van der Waals surface area contributed by atoms with Crippen molar-refractivity contribution < 1.29 is 27.2 Å². The Morgan fingerprint density at radius 1 is 1.02 bits per heavy atom. The number of hydrogen-bond donors (Lipinski definition) is 2. The average Bonchev–Trinajstić information content (AvgIpc) is 3.62. The molecule has 2 atom stereocenters. The van der Waals surface area contributed by atoms with Crippen molar-refractivity contribution in [2.24, 2.45) is 5.92 Å². The zero-order valence-corrected chi connectivity index (χ0v) is 23.9. The van der Waals surface area contributed by atoms with E-state index in [1.165, 1.54) is 17.0 Å². The maximum absolute atomic E-state index is 13.7. The van der Waals surface area contributed by atoms with Gasteiger partial charge < -0.3 is 15.5 Å². The first-order chi connectivity index (χ1) is 21.0. The quantitative estimate of drug-likeness (QED) is 0.331. The van der Waals surface area contributed by atoms with E-state index in [9.17, 15) is 32.4 Å². The molecule has 2 aliphatic carbocycles. The summed E-state index contributed by atoms with van der Waals surface area (Å²) in [6, 6.07) is 15.3. The Balaban J connectivity index is 1.24. The first-order valence-electron chi connectivity index (χ1n) is 14.8. The van der Waals surface area contributed by atoms with E-state index in [1.807, 2.05) is 35.8 Å². The van der Waals surface area contributed by atoms with Crippen LogP contribution < -0.4 is 10.6 Å². The number of urea groups is 1. The summed E-state index contributed by atoms with van der Waals surface area (Å²) < 4.78 is 52.7. The fraction of sp³-hybridized carbons (Fsp3) is 0.438. The number of alkyl halides is 3. The Morgan fingerprint density at radius 3 is 2.34 bits per heavy atom. The van der Waals surface area contributed by atoms with Crippen LogP contribution in [0.1, 0.15) is 61.6 Å². The molecule has 1 aromatic heterocycles. The minimum atomic E-state index is -4.46. The van der Waals surface area contributed by atoms with Gasteiger partial charge in [-0.3, -0.25) is 4.79 Å². The van der Waals surface area contributed by atoms with Crippen molar-refractivity contribution in [2.75, 3.05) is 19.6 Å². The van der Waals surface area contributed by atoms with Gasteiger partial charge in [-0.15, -0.1) is 0 Å². The molecule has 12 heteroatoms. The van der Waals surface area contributed by atoms with E-state index in [-0.39, 0.29) is 29.5 Å². The third-order valence-corrected chi connectivity index (χ3v) is 8.92. The summed E-state index contributed by atoms with van der Waals surface area (Å²) in [7, 11) is 0. The van der Waals surface area contributed by atoms with Crippen LogP contribution in [-0.2, 0) is 4.79 Å². The number of nitrogens with one attached hydrogen (secondary N) is 2. The molecule has 0 radical (unpaired) electrons. The number of hydrogen-bond acceptors (Lipinski definition) is 4. The predicted molar refractivity (Wildman–Crippen MR) is 153 cm³/mol. The molecule has 6 rings (SSSR count). The van der Waals surface area contributed by atoms with Gasteiger partial charge >= 0.3 is 12.2 Å². The average molecular weight is 609 g/mol. The Kier molecular flexibility index (Phi) is 7.82. The highest BCUT2D eigenvalue weighted by Gasteiger charge is 2.47. The molecule has 3 amide bonds. The molecule has 3 aliphatic rings. The lowest BCUT2D eigenvalue weighted by molar-refractivity contribution is -0.127. The van der Waals surface area contributed by atoms with Crippen molar-refractivity contribution in [3.8, 4) is 22.9 Å². The van der Waals surface area contributed by atoms with Gasteiger partial charge in [0.15, 0.2) is 0 Å². The van der Waals surface area contributed by atoms with Gasteiger partial charge in [-0.1, -0.05) is 37.1 Å². The summed E-state index contributed by atoms with van der Waals surface area (Å²) >= 11 is 0. The lowest BCUT2D eigenvalue weighted by Gasteiger charge is -2.39. The summed E-state index contributed by atoms with van der Waals surface area (Å²) in [6.45, 7) is -0.724. The first-order valence-corrected chi connectivity index (χ1v) is 14.8. The molecule has 0 bridgehead atoms. The molecule has 8 nitrogen and oxygen atoms in total. The molecule has 44 heavy (non-hydrogen) atoms. The van der Waals surface area contributed by atoms with E-state index in [2.05, 4.69) is 11.4 Å². The zero-order valence-electron chi connectivity index (χ0n) is 23.9. The van der Waals surface area contributed by atoms with Gasteiger partial charge in [0.1, 0.15) is 17.9 Å². The van der Waals surface area contributed by atoms with Crippen molar-refractivity contribution in [1.29, 1.82) is 5.26 Å². The van der Waals surface area contributed by atoms with Gasteiger partial charge in [-0.05, 0) is 61.1 Å². The number of carbonyl (C=O) groups is 2. The molecule has 3 fully saturated rings. The van der Waals surface area contributed by atoms with Crippen LogP contribution in [0.5, 0.6) is 0 Å². The number of carbonyl (C=O) groups excluding carboxylic acids is 2. The summed E-state index contributed by atoms with van der Waals surface area (Å²) in [4.78, 5) is 26.8. The van der Waals surface area contributed by atoms with Gasteiger partial charge in [0.05, 0.1) is 17.5 Å². The Labute approximate surface area is 252 Å². The minimum absolute atomic E-state index is 0.00314. The number of rotatable bonds is 7. The number of aromatic nitrogens is 2. The van der Waals surface area contributed by atoms with E-state index < -0.39 is 24.3 Å². The highest BCUT2D eigenvalue weighted by molar-refractivity contribution is 5.82. The Hall–Kier alpha value is -4.40. The molecule has 2 aromatic carbocycles. The molecular formula is C32H32F4N6O2. The molecular weight excluding hydrogens is 576 g/mol. The maximum Gasteiger partial charge on any atom is 0.405 e. The number of benzene rings is 2. The highest BCUT2D eigenvalue weighted by atomic mass is 19.4. The lowest BCUT2D eigenvalue weighted by atomic mass is 9.75. The van der Waals surface area contributed by atoms with Crippen LogP contribution >= 0.6 is 0 Å². The van der Waals surface area contributed by atoms with E-state index in [0.29, 0.717) is 38.0 Å². The second-order valence-corrected chi connectivity index (χ2v) is 12.0. The largest absolute Gasteiger partial charge is 0.405 e. The van der Waals surface area contributed by atoms with Crippen molar-refractivity contribution in [3.05, 3.63) is 71.8 Å². The first kappa shape index (κ1) is 29.7. The number of amides is 3. The summed E-state index contributed by atoms with van der Waals surface area (Å²) in [6.07, 6.45) is 2.02. The van der Waals surface area contributed by atoms with Crippen molar-refractivity contribution in [3.63, 3.8) is 0 Å². The predicted octanol–water partition coefficient (Wildman–Crippen LogP) is 5.80. The van der Waals surface area contributed by atoms with Crippen LogP contribution in [0.3, 0.4) is 0 Å². The molecule has 2 N–H and O–H groups in total. The smallest absolute Gasteiger partial charge is 0.338 e. The van der Waals surface area contributed by atoms with Crippen LogP contribution in [0.4, 0.5) is 22.4 Å². The van der Waals surface area contributed by atoms with Crippen LogP contribution in [0.25, 0.3) is 16.8 Å². The Bertz CT molecular complexity index is 1570. The summed E-state index contributed by atoms with van der Waals surface area (Å²) in [5.41, 5.74) is 3.35. The molecule has 3 aromatic rings. The third kappa shape index (κ3) is 6.27. The second-order valence-electron chi connectivity index (χ2n) is 12.0. The van der Waals surface area contributed by atoms with Gasteiger partial charge in [-0.2, -0.15) is 23.5 Å². The summed E-state index contributed by atoms with van der Waals surface area (Å²) in [5, 5.41) is 19.4. The van der Waals surface area contributed by atoms with E-state index in [4.69, 9.17) is 5.10 Å². The van der Waals surface area contributed by atoms with Crippen molar-refractivity contribution in [1.82, 2.24) is 25.3 Å². The van der Waals surface area contributed by atoms with Crippen LogP contribution in [-0.4, -0.2) is 58.0 Å². The monoisotopic (exact) mass is 608 g/mol. The van der Waals surface area contributed by atoms with Gasteiger partial charge in [0, 0.05) is 42.6 Å². The number of halogens is 4. The van der Waals surface area contributed by atoms with E-state index in [1.54, 1.807) is 16.8 Å². The van der Waals surface area contributed by atoms with Crippen LogP contribution in [0.15, 0.2) is 54.7 Å². The van der Waals surface area contributed by atoms with Crippen LogP contribution in [0, 0.1) is 23.1 Å². The molecule has 2 saturated carbocycles. The third-order valence-electron chi connectivity index (χ3n) is 8.92. The molecule has 1 aliphatic heterocycles. The minimum Gasteiger partial charge on any atom is -0.338 e. The normalized spacial score (nSPS) is 21.2. The molecule has 1 saturated heterocycles. The second kappa shape index (κ2) is 11.6. The topological polar surface area (TPSA) is 103 Å². The Morgan fingerprint density at radius 2 is 1.70 bits per heavy atom. The van der Waals surface area contributed by atoms with E-state index in [0.717, 1.165) is 41.6 Å². The fourth-order valence-corrected chi connectivity index (χ4v) is 6.18. The summed E-state index contributed by atoms with van der Waals surface area (Å²) in [5.74, 6) is -0.998. The van der Waals surface area contributed by atoms with Gasteiger partial charge in [-0.25, -0.2) is 13.9 Å². The molecule has 0 spiro atoms. The fourth-order valence-electron chi connectivity index (χ4n) is 6.18. The maximum atomic E-state index is 13.7. The zero-order chi connectivity index (χ0) is 31.1. The van der Waals surface area contributed by atoms with E-state index >= 15 is 0 Å². The van der Waals surface area contributed by atoms with Gasteiger partial charge in [0.2, 0.25) is 5.91 Å². The van der Waals surface area contributed by atoms with Gasteiger partial charge in [0.25, 0.3) is 0 Å². The lowest BCUT2D eigenvalue weighted by Crippen LogP contribution is -2.53. The molecule has 0 unspecified atom stereocenters. The van der Waals surface area contributed by atoms with Crippen molar-refractivity contribution >= 4 is 11.9 Å². The van der Waals surface area contributed by atoms with Crippen LogP contribution in [0.2, 0.25) is 0 Å². The van der Waals surface area contributed by atoms with Crippen molar-refractivity contribution in [2.45, 2.75) is 62.1 Å². The molecule has 230 valence electrons. The highest BCUT2D eigenvalue weighted by Crippen LogP contribution is 2.43. The number of nitrogens with zero attached hydrogens (tertiary/aromatic N) is 4. The number of likely N-dealkylation sites (tertiary alicyclic amines) is 1. The standard InChI is InChI=1S/C32H32F4N6O2/c33-23-9-11-24(12-10-23)42-17-27(28(40-42)25-3-1-2-4-26(25)29(43)39-31(18-37)13-14-31)21-7-5-20(6-8-21)22-15-41(16-22)30(44)38-19-32(34,35)36/h5-12,17,22,25-26H,1-4,13-16,19H2,(H,38,44)(H,39,43)/t25-,26-/m1/s1. The number of nitriles is 1. The SMILES string of the molecule is N#CC1(NC(=O)[C@@H]2CCCC[C@H]2c2nn(-c3ccc(F)cc3)cc2-c2ccc(C3CN(C(=O)NCC(F)(F)F)C3)cc2)CC1. The molecule has 2 heterocycles.